The smallest absolute Gasteiger partial charge is 0.162 e. The maximum absolute atomic E-state index is 7.88. The maximum atomic E-state index is 7.88. The van der Waals surface area contributed by atoms with Gasteiger partial charge in [-0.25, -0.2) is 0 Å². The summed E-state index contributed by atoms with van der Waals surface area (Å²) in [6.07, 6.45) is 0.875. The Morgan fingerprint density at radius 1 is 0.750 bits per heavy atom. The third kappa shape index (κ3) is 15.3. The van der Waals surface area contributed by atoms with E-state index in [1.165, 1.54) is 0 Å². The van der Waals surface area contributed by atoms with E-state index in [9.17, 15) is 0 Å². The molecule has 0 spiro atoms. The van der Waals surface area contributed by atoms with Gasteiger partial charge in [0.15, 0.2) is 11.6 Å². The summed E-state index contributed by atoms with van der Waals surface area (Å²) < 4.78 is 21.4. The largest absolute Gasteiger partial charge is 0.396 e. The normalized spacial score (nSPS) is 22.8. The quantitative estimate of drug-likeness (QED) is 0.767. The minimum Gasteiger partial charge on any atom is -0.396 e. The zero-order valence-corrected chi connectivity index (χ0v) is 17.5. The molecule has 0 amide bonds. The van der Waals surface area contributed by atoms with E-state index in [1.54, 1.807) is 0 Å². The van der Waals surface area contributed by atoms with Gasteiger partial charge in [0, 0.05) is 18.4 Å². The average Bonchev–Trinajstić information content (AvgIpc) is 2.56. The molecule has 5 heteroatoms. The molecule has 2 saturated heterocycles. The first-order chi connectivity index (χ1) is 11.1. The van der Waals surface area contributed by atoms with Gasteiger partial charge in [0.25, 0.3) is 0 Å². The lowest BCUT2D eigenvalue weighted by Crippen LogP contribution is -2.38. The molecule has 24 heavy (non-hydrogen) atoms. The standard InChI is InChI=1S/2C7H14O2.C3H8O.C2H6/c2*1-6-4-8-7(2,3)9-5-6;1-2-3-4;1-2/h2*6H,4-5H2,1-3H3;4H,2-3H2,1H3;1-2H3. The van der Waals surface area contributed by atoms with Crippen molar-refractivity contribution >= 4 is 0 Å². The van der Waals surface area contributed by atoms with Crippen LogP contribution >= 0.6 is 0 Å². The Morgan fingerprint density at radius 2 is 0.958 bits per heavy atom. The van der Waals surface area contributed by atoms with E-state index in [1.807, 2.05) is 48.5 Å². The molecule has 0 saturated carbocycles. The summed E-state index contributed by atoms with van der Waals surface area (Å²) in [7, 11) is 0. The topological polar surface area (TPSA) is 57.2 Å². The van der Waals surface area contributed by atoms with Crippen LogP contribution in [0.5, 0.6) is 0 Å². The average molecular weight is 351 g/mol. The van der Waals surface area contributed by atoms with Gasteiger partial charge in [-0.15, -0.1) is 0 Å². The molecule has 2 rings (SSSR count). The highest BCUT2D eigenvalue weighted by molar-refractivity contribution is 4.63. The van der Waals surface area contributed by atoms with Crippen LogP contribution in [0.4, 0.5) is 0 Å². The maximum Gasteiger partial charge on any atom is 0.162 e. The summed E-state index contributed by atoms with van der Waals surface area (Å²) in [6.45, 7) is 21.6. The summed E-state index contributed by atoms with van der Waals surface area (Å²) in [5.41, 5.74) is 0. The summed E-state index contributed by atoms with van der Waals surface area (Å²) in [5.74, 6) is 0.426. The number of hydrogen-bond donors (Lipinski definition) is 1. The summed E-state index contributed by atoms with van der Waals surface area (Å²) in [6, 6.07) is 0. The lowest BCUT2D eigenvalue weighted by Gasteiger charge is -2.33. The third-order valence-corrected chi connectivity index (χ3v) is 3.09. The van der Waals surface area contributed by atoms with E-state index in [-0.39, 0.29) is 11.6 Å². The Bertz CT molecular complexity index is 231. The predicted molar refractivity (Wildman–Crippen MR) is 99.0 cm³/mol. The number of aliphatic hydroxyl groups is 1. The SMILES string of the molecule is CC.CC1COC(C)(C)OC1.CC1COC(C)(C)OC1.CCCO. The van der Waals surface area contributed by atoms with Crippen molar-refractivity contribution in [1.82, 2.24) is 0 Å². The highest BCUT2D eigenvalue weighted by atomic mass is 16.7. The zero-order valence-electron chi connectivity index (χ0n) is 17.5. The fourth-order valence-corrected chi connectivity index (χ4v) is 1.55. The Kier molecular flexibility index (Phi) is 15.2. The summed E-state index contributed by atoms with van der Waals surface area (Å²) >= 11 is 0. The van der Waals surface area contributed by atoms with Crippen molar-refractivity contribution in [2.45, 2.75) is 80.3 Å². The lowest BCUT2D eigenvalue weighted by atomic mass is 10.2. The van der Waals surface area contributed by atoms with Gasteiger partial charge < -0.3 is 24.1 Å². The molecule has 0 radical (unpaired) electrons. The fourth-order valence-electron chi connectivity index (χ4n) is 1.55. The fraction of sp³-hybridized carbons (Fsp3) is 1.00. The third-order valence-electron chi connectivity index (χ3n) is 3.09. The molecule has 148 valence electrons. The van der Waals surface area contributed by atoms with Crippen LogP contribution in [0, 0.1) is 11.8 Å². The molecule has 0 bridgehead atoms. The van der Waals surface area contributed by atoms with Crippen LogP contribution < -0.4 is 0 Å². The van der Waals surface area contributed by atoms with Crippen LogP contribution in [0.15, 0.2) is 0 Å². The summed E-state index contributed by atoms with van der Waals surface area (Å²) in [5, 5.41) is 7.88. The van der Waals surface area contributed by atoms with Gasteiger partial charge in [0.1, 0.15) is 0 Å². The first kappa shape index (κ1) is 26.0. The summed E-state index contributed by atoms with van der Waals surface area (Å²) in [4.78, 5) is 0. The first-order valence-corrected chi connectivity index (χ1v) is 9.28. The number of hydrogen-bond acceptors (Lipinski definition) is 5. The van der Waals surface area contributed by atoms with E-state index in [0.717, 1.165) is 32.8 Å². The molecule has 2 fully saturated rings. The van der Waals surface area contributed by atoms with Gasteiger partial charge in [-0.2, -0.15) is 0 Å². The monoisotopic (exact) mass is 350 g/mol. The minimum atomic E-state index is -0.341. The van der Waals surface area contributed by atoms with E-state index >= 15 is 0 Å². The lowest BCUT2D eigenvalue weighted by molar-refractivity contribution is -0.260. The van der Waals surface area contributed by atoms with Crippen LogP contribution in [0.3, 0.4) is 0 Å². The Hall–Kier alpha value is -0.200. The van der Waals surface area contributed by atoms with E-state index in [0.29, 0.717) is 18.4 Å². The van der Waals surface area contributed by atoms with Gasteiger partial charge in [-0.05, 0) is 34.1 Å². The highest BCUT2D eigenvalue weighted by Gasteiger charge is 2.26. The van der Waals surface area contributed by atoms with Crippen LogP contribution in [0.25, 0.3) is 0 Å². The molecule has 1 N–H and O–H groups in total. The van der Waals surface area contributed by atoms with Gasteiger partial charge in [0.05, 0.1) is 26.4 Å². The molecular formula is C19H42O5. The molecule has 2 aliphatic heterocycles. The molecule has 0 atom stereocenters. The minimum absolute atomic E-state index is 0.319. The van der Waals surface area contributed by atoms with Gasteiger partial charge >= 0.3 is 0 Å². The molecule has 0 unspecified atom stereocenters. The van der Waals surface area contributed by atoms with E-state index in [2.05, 4.69) is 13.8 Å². The number of aliphatic hydroxyl groups excluding tert-OH is 1. The van der Waals surface area contributed by atoms with E-state index in [4.69, 9.17) is 24.1 Å². The molecule has 0 aliphatic carbocycles. The second kappa shape index (κ2) is 14.0. The van der Waals surface area contributed by atoms with Crippen molar-refractivity contribution in [2.24, 2.45) is 11.8 Å². The van der Waals surface area contributed by atoms with Crippen LogP contribution in [-0.4, -0.2) is 49.7 Å². The van der Waals surface area contributed by atoms with Crippen molar-refractivity contribution in [1.29, 1.82) is 0 Å². The molecule has 0 aromatic rings. The Balaban J connectivity index is 0. The van der Waals surface area contributed by atoms with Crippen molar-refractivity contribution < 1.29 is 24.1 Å². The molecule has 0 aromatic heterocycles. The second-order valence-electron chi connectivity index (χ2n) is 6.98. The van der Waals surface area contributed by atoms with Crippen LogP contribution in [-0.2, 0) is 18.9 Å². The number of rotatable bonds is 1. The molecule has 2 aliphatic rings. The molecule has 2 heterocycles. The van der Waals surface area contributed by atoms with Crippen molar-refractivity contribution in [3.8, 4) is 0 Å². The molecule has 0 aromatic carbocycles. The van der Waals surface area contributed by atoms with Gasteiger partial charge in [-0.3, -0.25) is 0 Å². The Morgan fingerprint density at radius 3 is 1.08 bits per heavy atom. The van der Waals surface area contributed by atoms with Crippen molar-refractivity contribution in [3.05, 3.63) is 0 Å². The highest BCUT2D eigenvalue weighted by Crippen LogP contribution is 2.20. The molecular weight excluding hydrogens is 308 g/mol. The zero-order chi connectivity index (χ0) is 19.2. The van der Waals surface area contributed by atoms with E-state index < -0.39 is 0 Å². The second-order valence-corrected chi connectivity index (χ2v) is 6.98. The predicted octanol–water partition coefficient (Wildman–Crippen LogP) is 4.23. The van der Waals surface area contributed by atoms with Crippen LogP contribution in [0.2, 0.25) is 0 Å². The molecule has 5 nitrogen and oxygen atoms in total. The number of ether oxygens (including phenoxy) is 4. The first-order valence-electron chi connectivity index (χ1n) is 9.28. The van der Waals surface area contributed by atoms with Crippen LogP contribution in [0.1, 0.15) is 68.7 Å². The van der Waals surface area contributed by atoms with Gasteiger partial charge in [0.2, 0.25) is 0 Å². The van der Waals surface area contributed by atoms with Crippen molar-refractivity contribution in [3.63, 3.8) is 0 Å². The Labute approximate surface area is 150 Å². The van der Waals surface area contributed by atoms with Crippen molar-refractivity contribution in [2.75, 3.05) is 33.0 Å². The van der Waals surface area contributed by atoms with Gasteiger partial charge in [-0.1, -0.05) is 34.6 Å².